The largest absolute Gasteiger partial charge is 0.322 e. The molecule has 0 bridgehead atoms. The molecular weight excluding hydrogens is 522 g/mol. The number of aryl methyl sites for hydroxylation is 2. The van der Waals surface area contributed by atoms with Gasteiger partial charge in [-0.2, -0.15) is 5.10 Å². The molecule has 0 saturated heterocycles. The number of amides is 3. The molecular formula is C35H43N5O2. The Labute approximate surface area is 250 Å². The summed E-state index contributed by atoms with van der Waals surface area (Å²) in [5.74, 6) is 0.778. The molecule has 42 heavy (non-hydrogen) atoms. The molecule has 2 N–H and O–H groups in total. The Bertz CT molecular complexity index is 1510. The third-order valence-electron chi connectivity index (χ3n) is 7.44. The lowest BCUT2D eigenvalue weighted by Crippen LogP contribution is -2.41. The molecule has 7 nitrogen and oxygen atoms in total. The summed E-state index contributed by atoms with van der Waals surface area (Å²) in [5.41, 5.74) is 7.54. The first-order chi connectivity index (χ1) is 20.1. The molecule has 220 valence electrons. The van der Waals surface area contributed by atoms with Gasteiger partial charge in [-0.05, 0) is 60.4 Å². The van der Waals surface area contributed by atoms with Crippen LogP contribution in [-0.2, 0) is 4.79 Å². The van der Waals surface area contributed by atoms with Crippen LogP contribution in [0.3, 0.4) is 0 Å². The van der Waals surface area contributed by atoms with Gasteiger partial charge >= 0.3 is 6.03 Å². The SMILES string of the molecule is CCCN(CC(=O)Nc1c(-c2ccccc2)c(C)nn1-c1ccccc1C)C(=O)Nc1c(C(C)C)cccc1C(C)C. The van der Waals surface area contributed by atoms with Gasteiger partial charge in [0, 0.05) is 17.8 Å². The summed E-state index contributed by atoms with van der Waals surface area (Å²) in [6.07, 6.45) is 0.721. The molecule has 0 unspecified atom stereocenters. The molecule has 4 aromatic rings. The van der Waals surface area contributed by atoms with Crippen molar-refractivity contribution in [1.82, 2.24) is 14.7 Å². The Morgan fingerprint density at radius 1 is 0.833 bits per heavy atom. The van der Waals surface area contributed by atoms with Crippen molar-refractivity contribution >= 4 is 23.4 Å². The second-order valence-electron chi connectivity index (χ2n) is 11.4. The number of nitrogens with one attached hydrogen (secondary N) is 2. The van der Waals surface area contributed by atoms with Crippen LogP contribution in [0.15, 0.2) is 72.8 Å². The Balaban J connectivity index is 1.66. The quantitative estimate of drug-likeness (QED) is 0.203. The monoisotopic (exact) mass is 565 g/mol. The van der Waals surface area contributed by atoms with Gasteiger partial charge in [-0.15, -0.1) is 0 Å². The van der Waals surface area contributed by atoms with E-state index in [1.807, 2.05) is 81.4 Å². The van der Waals surface area contributed by atoms with Crippen molar-refractivity contribution in [2.24, 2.45) is 0 Å². The second-order valence-corrected chi connectivity index (χ2v) is 11.4. The number of aromatic nitrogens is 2. The van der Waals surface area contributed by atoms with Crippen LogP contribution in [0.25, 0.3) is 16.8 Å². The topological polar surface area (TPSA) is 79.3 Å². The van der Waals surface area contributed by atoms with Crippen LogP contribution in [0.2, 0.25) is 0 Å². The fraction of sp³-hybridized carbons (Fsp3) is 0.343. The van der Waals surface area contributed by atoms with Gasteiger partial charge in [0.25, 0.3) is 0 Å². The smallest absolute Gasteiger partial charge is 0.315 e. The maximum atomic E-state index is 13.7. The minimum absolute atomic E-state index is 0.0905. The van der Waals surface area contributed by atoms with Crippen molar-refractivity contribution < 1.29 is 9.59 Å². The molecule has 0 radical (unpaired) electrons. The summed E-state index contributed by atoms with van der Waals surface area (Å²) in [7, 11) is 0. The van der Waals surface area contributed by atoms with Crippen molar-refractivity contribution in [3.63, 3.8) is 0 Å². The van der Waals surface area contributed by atoms with Crippen LogP contribution in [0.4, 0.5) is 16.3 Å². The highest BCUT2D eigenvalue weighted by molar-refractivity contribution is 6.00. The van der Waals surface area contributed by atoms with Gasteiger partial charge in [0.05, 0.1) is 11.4 Å². The summed E-state index contributed by atoms with van der Waals surface area (Å²) in [6.45, 7) is 14.8. The number of hydrogen-bond donors (Lipinski definition) is 2. The Morgan fingerprint density at radius 3 is 2.05 bits per heavy atom. The Hall–Kier alpha value is -4.39. The third-order valence-corrected chi connectivity index (χ3v) is 7.44. The number of carbonyl (C=O) groups excluding carboxylic acids is 2. The number of para-hydroxylation sites is 2. The standard InChI is InChI=1S/C35H43N5O2/c1-8-21-39(35(42)37-33-28(23(2)3)18-14-19-29(33)24(4)5)22-31(41)36-34-32(27-16-10-9-11-17-27)26(7)38-40(34)30-20-13-12-15-25(30)6/h9-20,23-24H,8,21-22H2,1-7H3,(H,36,41)(H,37,42). The fourth-order valence-electron chi connectivity index (χ4n) is 5.32. The number of carbonyl (C=O) groups is 2. The van der Waals surface area contributed by atoms with Crippen molar-refractivity contribution in [2.75, 3.05) is 23.7 Å². The van der Waals surface area contributed by atoms with E-state index in [0.29, 0.717) is 12.4 Å². The zero-order chi connectivity index (χ0) is 30.4. The van der Waals surface area contributed by atoms with Crippen molar-refractivity contribution in [3.8, 4) is 16.8 Å². The molecule has 1 heterocycles. The molecule has 0 saturated carbocycles. The molecule has 1 aromatic heterocycles. The zero-order valence-electron chi connectivity index (χ0n) is 25.9. The van der Waals surface area contributed by atoms with Crippen molar-refractivity contribution in [2.45, 2.75) is 66.7 Å². The van der Waals surface area contributed by atoms with Gasteiger partial charge in [-0.3, -0.25) is 4.79 Å². The normalized spacial score (nSPS) is 11.2. The molecule has 3 aromatic carbocycles. The first-order valence-corrected chi connectivity index (χ1v) is 14.8. The summed E-state index contributed by atoms with van der Waals surface area (Å²) in [6, 6.07) is 23.8. The molecule has 0 spiro atoms. The van der Waals surface area contributed by atoms with Crippen LogP contribution in [0.5, 0.6) is 0 Å². The minimum atomic E-state index is -0.285. The van der Waals surface area contributed by atoms with E-state index in [1.54, 1.807) is 9.58 Å². The predicted molar refractivity (Wildman–Crippen MR) is 173 cm³/mol. The number of anilines is 2. The van der Waals surface area contributed by atoms with Gasteiger partial charge in [0.1, 0.15) is 12.4 Å². The number of nitrogens with zero attached hydrogens (tertiary/aromatic N) is 3. The third kappa shape index (κ3) is 6.73. The van der Waals surface area contributed by atoms with Crippen LogP contribution in [0.1, 0.15) is 75.3 Å². The average Bonchev–Trinajstić information content (AvgIpc) is 3.28. The fourth-order valence-corrected chi connectivity index (χ4v) is 5.32. The highest BCUT2D eigenvalue weighted by Gasteiger charge is 2.24. The molecule has 0 atom stereocenters. The van der Waals surface area contributed by atoms with Crippen LogP contribution in [-0.4, -0.2) is 39.7 Å². The van der Waals surface area contributed by atoms with Crippen LogP contribution in [0, 0.1) is 13.8 Å². The lowest BCUT2D eigenvalue weighted by molar-refractivity contribution is -0.116. The number of rotatable bonds is 10. The molecule has 3 amide bonds. The van der Waals surface area contributed by atoms with E-state index >= 15 is 0 Å². The maximum absolute atomic E-state index is 13.7. The molecule has 0 fully saturated rings. The first-order valence-electron chi connectivity index (χ1n) is 14.8. The number of benzene rings is 3. The molecule has 7 heteroatoms. The van der Waals surface area contributed by atoms with E-state index in [-0.39, 0.29) is 30.3 Å². The van der Waals surface area contributed by atoms with E-state index in [9.17, 15) is 9.59 Å². The molecule has 0 aliphatic rings. The van der Waals surface area contributed by atoms with Gasteiger partial charge in [-0.25, -0.2) is 9.48 Å². The zero-order valence-corrected chi connectivity index (χ0v) is 25.9. The summed E-state index contributed by atoms with van der Waals surface area (Å²) in [4.78, 5) is 29.0. The number of urea groups is 1. The van der Waals surface area contributed by atoms with Gasteiger partial charge < -0.3 is 15.5 Å². The minimum Gasteiger partial charge on any atom is -0.315 e. The van der Waals surface area contributed by atoms with E-state index < -0.39 is 0 Å². The van der Waals surface area contributed by atoms with E-state index in [2.05, 4.69) is 50.5 Å². The van der Waals surface area contributed by atoms with E-state index in [4.69, 9.17) is 5.10 Å². The highest BCUT2D eigenvalue weighted by Crippen LogP contribution is 2.35. The lowest BCUT2D eigenvalue weighted by Gasteiger charge is -2.26. The summed E-state index contributed by atoms with van der Waals surface area (Å²) in [5, 5.41) is 11.1. The molecule has 4 rings (SSSR count). The summed E-state index contributed by atoms with van der Waals surface area (Å²) < 4.78 is 1.79. The Morgan fingerprint density at radius 2 is 1.45 bits per heavy atom. The van der Waals surface area contributed by atoms with Crippen LogP contribution >= 0.6 is 0 Å². The Kier molecular flexibility index (Phi) is 9.84. The van der Waals surface area contributed by atoms with Crippen LogP contribution < -0.4 is 10.6 Å². The lowest BCUT2D eigenvalue weighted by atomic mass is 9.93. The van der Waals surface area contributed by atoms with Crippen molar-refractivity contribution in [1.29, 1.82) is 0 Å². The van der Waals surface area contributed by atoms with Gasteiger partial charge in [0.2, 0.25) is 5.91 Å². The summed E-state index contributed by atoms with van der Waals surface area (Å²) >= 11 is 0. The van der Waals surface area contributed by atoms with Crippen molar-refractivity contribution in [3.05, 3.63) is 95.2 Å². The predicted octanol–water partition coefficient (Wildman–Crippen LogP) is 8.29. The second kappa shape index (κ2) is 13.5. The van der Waals surface area contributed by atoms with Gasteiger partial charge in [0.15, 0.2) is 0 Å². The molecule has 0 aliphatic heterocycles. The van der Waals surface area contributed by atoms with Gasteiger partial charge in [-0.1, -0.05) is 101 Å². The molecule has 0 aliphatic carbocycles. The first kappa shape index (κ1) is 30.6. The maximum Gasteiger partial charge on any atom is 0.322 e. The highest BCUT2D eigenvalue weighted by atomic mass is 16.2. The average molecular weight is 566 g/mol. The number of hydrogen-bond acceptors (Lipinski definition) is 3. The van der Waals surface area contributed by atoms with E-state index in [0.717, 1.165) is 51.3 Å². The van der Waals surface area contributed by atoms with E-state index in [1.165, 1.54) is 0 Å².